The largest absolute Gasteiger partial charge is 0.489 e. The van der Waals surface area contributed by atoms with Gasteiger partial charge in [-0.1, -0.05) is 0 Å². The van der Waals surface area contributed by atoms with Crippen molar-refractivity contribution in [3.63, 3.8) is 0 Å². The van der Waals surface area contributed by atoms with E-state index in [0.29, 0.717) is 12.3 Å². The maximum Gasteiger partial charge on any atom is 0.143 e. The summed E-state index contributed by atoms with van der Waals surface area (Å²) in [4.78, 5) is 4.27. The van der Waals surface area contributed by atoms with Crippen molar-refractivity contribution in [3.05, 3.63) is 30.5 Å². The van der Waals surface area contributed by atoms with Crippen LogP contribution in [0.2, 0.25) is 0 Å². The molecular weight excluding hydrogens is 240 g/mol. The first-order chi connectivity index (χ1) is 9.34. The van der Waals surface area contributed by atoms with Gasteiger partial charge in [-0.15, -0.1) is 0 Å². The van der Waals surface area contributed by atoms with Crippen molar-refractivity contribution >= 4 is 16.6 Å². The fourth-order valence-electron chi connectivity index (χ4n) is 2.40. The average molecular weight is 258 g/mol. The molecule has 0 spiro atoms. The van der Waals surface area contributed by atoms with Gasteiger partial charge in [0.1, 0.15) is 12.4 Å². The molecule has 4 nitrogen and oxygen atoms in total. The lowest BCUT2D eigenvalue weighted by molar-refractivity contribution is -0.0109. The molecule has 1 saturated heterocycles. The SMILES string of the molecule is Nc1c(OCC2CCCCO2)ccc2ncccc12. The number of aromatic nitrogens is 1. The van der Waals surface area contributed by atoms with E-state index in [1.54, 1.807) is 6.20 Å². The van der Waals surface area contributed by atoms with Gasteiger partial charge < -0.3 is 15.2 Å². The maximum absolute atomic E-state index is 6.13. The van der Waals surface area contributed by atoms with Crippen molar-refractivity contribution in [1.82, 2.24) is 4.98 Å². The number of nitrogens with zero attached hydrogens (tertiary/aromatic N) is 1. The van der Waals surface area contributed by atoms with Gasteiger partial charge >= 0.3 is 0 Å². The fraction of sp³-hybridized carbons (Fsp3) is 0.400. The first kappa shape index (κ1) is 12.2. The summed E-state index contributed by atoms with van der Waals surface area (Å²) in [5, 5.41) is 0.935. The van der Waals surface area contributed by atoms with Crippen LogP contribution in [0.5, 0.6) is 5.75 Å². The Balaban J connectivity index is 1.75. The van der Waals surface area contributed by atoms with Gasteiger partial charge in [0.05, 0.1) is 17.3 Å². The van der Waals surface area contributed by atoms with Crippen LogP contribution in [-0.2, 0) is 4.74 Å². The molecule has 1 fully saturated rings. The highest BCUT2D eigenvalue weighted by Crippen LogP contribution is 2.29. The molecule has 2 heterocycles. The van der Waals surface area contributed by atoms with Crippen molar-refractivity contribution in [2.24, 2.45) is 0 Å². The molecule has 19 heavy (non-hydrogen) atoms. The number of anilines is 1. The molecule has 0 saturated carbocycles. The highest BCUT2D eigenvalue weighted by atomic mass is 16.5. The summed E-state index contributed by atoms with van der Waals surface area (Å²) in [5.74, 6) is 0.717. The minimum Gasteiger partial charge on any atom is -0.489 e. The lowest BCUT2D eigenvalue weighted by Gasteiger charge is -2.23. The predicted octanol–water partition coefficient (Wildman–Crippen LogP) is 2.76. The van der Waals surface area contributed by atoms with E-state index in [0.717, 1.165) is 36.1 Å². The van der Waals surface area contributed by atoms with Crippen LogP contribution in [0.15, 0.2) is 30.5 Å². The van der Waals surface area contributed by atoms with Gasteiger partial charge in [-0.3, -0.25) is 4.98 Å². The van der Waals surface area contributed by atoms with Gasteiger partial charge in [0.2, 0.25) is 0 Å². The number of pyridine rings is 1. The summed E-state index contributed by atoms with van der Waals surface area (Å²) in [6.07, 6.45) is 5.39. The van der Waals surface area contributed by atoms with E-state index >= 15 is 0 Å². The number of rotatable bonds is 3. The Kier molecular flexibility index (Phi) is 3.51. The molecule has 0 amide bonds. The molecular formula is C15H18N2O2. The quantitative estimate of drug-likeness (QED) is 0.860. The van der Waals surface area contributed by atoms with Gasteiger partial charge in [0, 0.05) is 18.2 Å². The standard InChI is InChI=1S/C15H18N2O2/c16-15-12-5-3-8-17-13(12)6-7-14(15)19-10-11-4-1-2-9-18-11/h3,5-8,11H,1-2,4,9-10,16H2. The van der Waals surface area contributed by atoms with Crippen LogP contribution in [0.4, 0.5) is 5.69 Å². The monoisotopic (exact) mass is 258 g/mol. The van der Waals surface area contributed by atoms with Gasteiger partial charge in [-0.2, -0.15) is 0 Å². The van der Waals surface area contributed by atoms with E-state index in [4.69, 9.17) is 15.2 Å². The molecule has 1 aromatic heterocycles. The Morgan fingerprint density at radius 3 is 3.11 bits per heavy atom. The van der Waals surface area contributed by atoms with E-state index < -0.39 is 0 Å². The number of fused-ring (bicyclic) bond motifs is 1. The van der Waals surface area contributed by atoms with Gasteiger partial charge in [-0.25, -0.2) is 0 Å². The molecule has 0 radical (unpaired) electrons. The summed E-state index contributed by atoms with van der Waals surface area (Å²) in [7, 11) is 0. The normalized spacial score (nSPS) is 19.5. The Labute approximate surface area is 112 Å². The van der Waals surface area contributed by atoms with E-state index in [9.17, 15) is 0 Å². The Morgan fingerprint density at radius 2 is 2.26 bits per heavy atom. The third-order valence-corrected chi connectivity index (χ3v) is 3.49. The highest BCUT2D eigenvalue weighted by molar-refractivity contribution is 5.93. The highest BCUT2D eigenvalue weighted by Gasteiger charge is 2.15. The minimum atomic E-state index is 0.192. The second-order valence-electron chi connectivity index (χ2n) is 4.85. The van der Waals surface area contributed by atoms with Crippen LogP contribution in [-0.4, -0.2) is 24.3 Å². The van der Waals surface area contributed by atoms with Crippen molar-refractivity contribution in [2.45, 2.75) is 25.4 Å². The lowest BCUT2D eigenvalue weighted by Crippen LogP contribution is -2.25. The average Bonchev–Trinajstić information content (AvgIpc) is 2.48. The molecule has 100 valence electrons. The third kappa shape index (κ3) is 2.63. The zero-order valence-electron chi connectivity index (χ0n) is 10.8. The van der Waals surface area contributed by atoms with Crippen LogP contribution < -0.4 is 10.5 Å². The molecule has 3 rings (SSSR count). The molecule has 1 aromatic carbocycles. The van der Waals surface area contributed by atoms with Crippen molar-refractivity contribution in [3.8, 4) is 5.75 Å². The van der Waals surface area contributed by atoms with E-state index in [-0.39, 0.29) is 6.10 Å². The Bertz CT molecular complexity index is 565. The van der Waals surface area contributed by atoms with Crippen LogP contribution >= 0.6 is 0 Å². The smallest absolute Gasteiger partial charge is 0.143 e. The van der Waals surface area contributed by atoms with E-state index in [2.05, 4.69) is 4.98 Å². The molecule has 1 atom stereocenters. The summed E-state index contributed by atoms with van der Waals surface area (Å²) in [6.45, 7) is 1.40. The number of benzene rings is 1. The van der Waals surface area contributed by atoms with Crippen molar-refractivity contribution in [1.29, 1.82) is 0 Å². The molecule has 0 bridgehead atoms. The molecule has 1 aliphatic heterocycles. The lowest BCUT2D eigenvalue weighted by atomic mass is 10.1. The fourth-order valence-corrected chi connectivity index (χ4v) is 2.40. The van der Waals surface area contributed by atoms with Crippen LogP contribution in [0.25, 0.3) is 10.9 Å². The van der Waals surface area contributed by atoms with Crippen LogP contribution in [0.1, 0.15) is 19.3 Å². The first-order valence-corrected chi connectivity index (χ1v) is 6.72. The molecule has 4 heteroatoms. The molecule has 2 N–H and O–H groups in total. The number of nitrogen functional groups attached to an aromatic ring is 1. The summed E-state index contributed by atoms with van der Waals surface area (Å²) < 4.78 is 11.5. The Morgan fingerprint density at radius 1 is 1.32 bits per heavy atom. The zero-order valence-corrected chi connectivity index (χ0v) is 10.8. The second-order valence-corrected chi connectivity index (χ2v) is 4.85. The summed E-state index contributed by atoms with van der Waals surface area (Å²) in [5.41, 5.74) is 7.67. The zero-order chi connectivity index (χ0) is 13.1. The number of nitrogens with two attached hydrogens (primary N) is 1. The maximum atomic E-state index is 6.13. The molecule has 1 unspecified atom stereocenters. The van der Waals surface area contributed by atoms with Gasteiger partial charge in [0.25, 0.3) is 0 Å². The van der Waals surface area contributed by atoms with Crippen LogP contribution in [0, 0.1) is 0 Å². The molecule has 1 aliphatic rings. The molecule has 2 aromatic rings. The Hall–Kier alpha value is -1.81. The van der Waals surface area contributed by atoms with E-state index in [1.807, 2.05) is 24.3 Å². The number of ether oxygens (including phenoxy) is 2. The van der Waals surface area contributed by atoms with Gasteiger partial charge in [0.15, 0.2) is 0 Å². The summed E-state index contributed by atoms with van der Waals surface area (Å²) >= 11 is 0. The third-order valence-electron chi connectivity index (χ3n) is 3.49. The first-order valence-electron chi connectivity index (χ1n) is 6.72. The predicted molar refractivity (Wildman–Crippen MR) is 75.2 cm³/mol. The topological polar surface area (TPSA) is 57.4 Å². The van der Waals surface area contributed by atoms with Crippen molar-refractivity contribution in [2.75, 3.05) is 18.9 Å². The molecule has 0 aliphatic carbocycles. The van der Waals surface area contributed by atoms with Crippen molar-refractivity contribution < 1.29 is 9.47 Å². The van der Waals surface area contributed by atoms with E-state index in [1.165, 1.54) is 6.42 Å². The van der Waals surface area contributed by atoms with Gasteiger partial charge in [-0.05, 0) is 43.5 Å². The van der Waals surface area contributed by atoms with Crippen LogP contribution in [0.3, 0.4) is 0 Å². The summed E-state index contributed by atoms with van der Waals surface area (Å²) in [6, 6.07) is 7.66. The number of hydrogen-bond acceptors (Lipinski definition) is 4. The number of hydrogen-bond donors (Lipinski definition) is 1. The second kappa shape index (κ2) is 5.45. The minimum absolute atomic E-state index is 0.192.